The number of carbonyl (C=O) groups is 2. The Kier molecular flexibility index (Phi) is 6.13. The molecule has 3 rings (SSSR count). The van der Waals surface area contributed by atoms with Gasteiger partial charge in [0.15, 0.2) is 0 Å². The molecule has 9 nitrogen and oxygen atoms in total. The van der Waals surface area contributed by atoms with Crippen molar-refractivity contribution in [1.82, 2.24) is 9.80 Å². The van der Waals surface area contributed by atoms with E-state index in [1.165, 1.54) is 13.2 Å². The standard InChI is InChI=1S/C19H26N4O5/c1-20-8-10-21(11-9-20)16-6-5-14(12-17(16)23(26)27)18(24)22-7-3-4-15(13-22)19(25)28-2/h5-6,12,15H,3-4,7-11,13H2,1-2H3. The number of carbonyl (C=O) groups excluding carboxylic acids is 2. The zero-order chi connectivity index (χ0) is 20.3. The Morgan fingerprint density at radius 2 is 1.89 bits per heavy atom. The number of amides is 1. The maximum absolute atomic E-state index is 12.9. The van der Waals surface area contributed by atoms with Crippen molar-refractivity contribution in [1.29, 1.82) is 0 Å². The van der Waals surface area contributed by atoms with Gasteiger partial charge in [0.1, 0.15) is 5.69 Å². The van der Waals surface area contributed by atoms with E-state index in [1.807, 2.05) is 11.9 Å². The molecule has 2 aliphatic rings. The summed E-state index contributed by atoms with van der Waals surface area (Å²) in [4.78, 5) is 41.6. The first kappa shape index (κ1) is 20.1. The summed E-state index contributed by atoms with van der Waals surface area (Å²) in [6.45, 7) is 3.88. The summed E-state index contributed by atoms with van der Waals surface area (Å²) in [5, 5.41) is 11.6. The topological polar surface area (TPSA) is 96.2 Å². The minimum Gasteiger partial charge on any atom is -0.469 e. The van der Waals surface area contributed by atoms with Crippen molar-refractivity contribution in [3.8, 4) is 0 Å². The van der Waals surface area contributed by atoms with E-state index in [1.54, 1.807) is 17.0 Å². The van der Waals surface area contributed by atoms with Crippen LogP contribution in [0.4, 0.5) is 11.4 Å². The van der Waals surface area contributed by atoms with E-state index < -0.39 is 4.92 Å². The summed E-state index contributed by atoms with van der Waals surface area (Å²) in [6.07, 6.45) is 1.38. The van der Waals surface area contributed by atoms with Gasteiger partial charge >= 0.3 is 5.97 Å². The van der Waals surface area contributed by atoms with E-state index in [0.29, 0.717) is 38.2 Å². The number of hydrogen-bond donors (Lipinski definition) is 0. The Labute approximate surface area is 164 Å². The molecule has 2 saturated heterocycles. The van der Waals surface area contributed by atoms with E-state index in [9.17, 15) is 19.7 Å². The van der Waals surface area contributed by atoms with Gasteiger partial charge in [0, 0.05) is 50.9 Å². The first-order valence-electron chi connectivity index (χ1n) is 9.49. The van der Waals surface area contributed by atoms with Crippen LogP contribution in [0.5, 0.6) is 0 Å². The number of methoxy groups -OCH3 is 1. The third-order valence-electron chi connectivity index (χ3n) is 5.51. The number of piperidine rings is 1. The maximum Gasteiger partial charge on any atom is 0.310 e. The van der Waals surface area contributed by atoms with Crippen molar-refractivity contribution in [2.45, 2.75) is 12.8 Å². The van der Waals surface area contributed by atoms with Gasteiger partial charge in [-0.1, -0.05) is 0 Å². The first-order chi connectivity index (χ1) is 13.4. The number of nitrogens with zero attached hydrogens (tertiary/aromatic N) is 4. The van der Waals surface area contributed by atoms with Crippen LogP contribution in [0.3, 0.4) is 0 Å². The summed E-state index contributed by atoms with van der Waals surface area (Å²) < 4.78 is 4.79. The Morgan fingerprint density at radius 3 is 2.54 bits per heavy atom. The number of rotatable bonds is 4. The third kappa shape index (κ3) is 4.24. The SMILES string of the molecule is COC(=O)C1CCCN(C(=O)c2ccc(N3CCN(C)CC3)c([N+](=O)[O-])c2)C1. The molecular formula is C19H26N4O5. The number of ether oxygens (including phenoxy) is 1. The van der Waals surface area contributed by atoms with Gasteiger partial charge in [-0.3, -0.25) is 19.7 Å². The fourth-order valence-corrected chi connectivity index (χ4v) is 3.82. The second-order valence-electron chi connectivity index (χ2n) is 7.36. The molecule has 0 N–H and O–H groups in total. The average molecular weight is 390 g/mol. The fraction of sp³-hybridized carbons (Fsp3) is 0.579. The van der Waals surface area contributed by atoms with Crippen LogP contribution in [0.2, 0.25) is 0 Å². The van der Waals surface area contributed by atoms with Crippen molar-refractivity contribution in [3.63, 3.8) is 0 Å². The predicted molar refractivity (Wildman–Crippen MR) is 103 cm³/mol. The molecule has 1 aromatic rings. The van der Waals surface area contributed by atoms with Crippen LogP contribution in [0.15, 0.2) is 18.2 Å². The number of benzene rings is 1. The summed E-state index contributed by atoms with van der Waals surface area (Å²) >= 11 is 0. The highest BCUT2D eigenvalue weighted by Gasteiger charge is 2.31. The number of hydrogen-bond acceptors (Lipinski definition) is 7. The number of esters is 1. The number of anilines is 1. The van der Waals surface area contributed by atoms with Crippen LogP contribution in [0, 0.1) is 16.0 Å². The fourth-order valence-electron chi connectivity index (χ4n) is 3.82. The zero-order valence-corrected chi connectivity index (χ0v) is 16.3. The molecule has 0 spiro atoms. The highest BCUT2D eigenvalue weighted by Crippen LogP contribution is 2.31. The third-order valence-corrected chi connectivity index (χ3v) is 5.51. The molecule has 1 unspecified atom stereocenters. The lowest BCUT2D eigenvalue weighted by atomic mass is 9.97. The van der Waals surface area contributed by atoms with Crippen molar-refractivity contribution in [2.24, 2.45) is 5.92 Å². The molecule has 0 radical (unpaired) electrons. The monoisotopic (exact) mass is 390 g/mol. The first-order valence-corrected chi connectivity index (χ1v) is 9.49. The van der Waals surface area contributed by atoms with Gasteiger partial charge < -0.3 is 19.4 Å². The minimum atomic E-state index is -0.433. The van der Waals surface area contributed by atoms with Gasteiger partial charge in [-0.15, -0.1) is 0 Å². The van der Waals surface area contributed by atoms with Gasteiger partial charge in [0.2, 0.25) is 0 Å². The molecule has 0 aromatic heterocycles. The molecular weight excluding hydrogens is 364 g/mol. The van der Waals surface area contributed by atoms with Crippen LogP contribution in [-0.4, -0.2) is 80.0 Å². The van der Waals surface area contributed by atoms with Crippen molar-refractivity contribution < 1.29 is 19.2 Å². The summed E-state index contributed by atoms with van der Waals surface area (Å²) in [5.74, 6) is -0.960. The largest absolute Gasteiger partial charge is 0.469 e. The molecule has 152 valence electrons. The van der Waals surface area contributed by atoms with Gasteiger partial charge in [-0.05, 0) is 32.0 Å². The minimum absolute atomic E-state index is 0.0584. The number of likely N-dealkylation sites (N-methyl/N-ethyl adjacent to an activating group) is 1. The molecule has 1 atom stereocenters. The lowest BCUT2D eigenvalue weighted by Crippen LogP contribution is -2.44. The van der Waals surface area contributed by atoms with Gasteiger partial charge in [-0.2, -0.15) is 0 Å². The van der Waals surface area contributed by atoms with E-state index in [4.69, 9.17) is 4.74 Å². The van der Waals surface area contributed by atoms with Gasteiger partial charge in [0.05, 0.1) is 18.0 Å². The second-order valence-corrected chi connectivity index (χ2v) is 7.36. The summed E-state index contributed by atoms with van der Waals surface area (Å²) in [5.41, 5.74) is 0.757. The molecule has 28 heavy (non-hydrogen) atoms. The van der Waals surface area contributed by atoms with Crippen molar-refractivity contribution in [3.05, 3.63) is 33.9 Å². The van der Waals surface area contributed by atoms with E-state index in [0.717, 1.165) is 13.1 Å². The second kappa shape index (κ2) is 8.55. The van der Waals surface area contributed by atoms with Gasteiger partial charge in [0.25, 0.3) is 11.6 Å². The smallest absolute Gasteiger partial charge is 0.310 e. The van der Waals surface area contributed by atoms with E-state index in [-0.39, 0.29) is 35.6 Å². The van der Waals surface area contributed by atoms with Crippen LogP contribution in [-0.2, 0) is 9.53 Å². The molecule has 0 bridgehead atoms. The molecule has 2 heterocycles. The molecule has 2 aliphatic heterocycles. The summed E-state index contributed by atoms with van der Waals surface area (Å²) in [7, 11) is 3.36. The molecule has 0 saturated carbocycles. The predicted octanol–water partition coefficient (Wildman–Crippen LogP) is 1.37. The number of nitro benzene ring substituents is 1. The van der Waals surface area contributed by atoms with Crippen LogP contribution >= 0.6 is 0 Å². The lowest BCUT2D eigenvalue weighted by molar-refractivity contribution is -0.384. The Balaban J connectivity index is 1.80. The van der Waals surface area contributed by atoms with Crippen LogP contribution in [0.1, 0.15) is 23.2 Å². The molecule has 1 amide bonds. The Morgan fingerprint density at radius 1 is 1.18 bits per heavy atom. The van der Waals surface area contributed by atoms with Crippen LogP contribution < -0.4 is 4.90 Å². The highest BCUT2D eigenvalue weighted by atomic mass is 16.6. The maximum atomic E-state index is 12.9. The normalized spacial score (nSPS) is 20.7. The average Bonchev–Trinajstić information content (AvgIpc) is 2.72. The summed E-state index contributed by atoms with van der Waals surface area (Å²) in [6, 6.07) is 4.67. The number of nitro groups is 1. The molecule has 9 heteroatoms. The quantitative estimate of drug-likeness (QED) is 0.435. The molecule has 2 fully saturated rings. The lowest BCUT2D eigenvalue weighted by Gasteiger charge is -2.34. The number of likely N-dealkylation sites (tertiary alicyclic amines) is 1. The highest BCUT2D eigenvalue weighted by molar-refractivity contribution is 5.96. The van der Waals surface area contributed by atoms with Crippen molar-refractivity contribution >= 4 is 23.3 Å². The molecule has 0 aliphatic carbocycles. The van der Waals surface area contributed by atoms with Crippen molar-refractivity contribution in [2.75, 3.05) is 58.3 Å². The van der Waals surface area contributed by atoms with Gasteiger partial charge in [-0.25, -0.2) is 0 Å². The van der Waals surface area contributed by atoms with Crippen LogP contribution in [0.25, 0.3) is 0 Å². The van der Waals surface area contributed by atoms with E-state index in [2.05, 4.69) is 4.90 Å². The zero-order valence-electron chi connectivity index (χ0n) is 16.3. The molecule has 1 aromatic carbocycles. The van der Waals surface area contributed by atoms with E-state index >= 15 is 0 Å². The Bertz CT molecular complexity index is 761. The Hall–Kier alpha value is -2.68. The number of piperazine rings is 1.